The molecule has 0 spiro atoms. The standard InChI is InChI=1S/C14H20N4O4S/c1-11(19)16-12-2-4-13(5-3-12)23(21,22)18-8-6-17(7-9-18)10-14(15)20/h2-5H,6-10H2,1H3,(H2,15,20)(H,16,19). The molecular weight excluding hydrogens is 320 g/mol. The van der Waals surface area contributed by atoms with E-state index in [-0.39, 0.29) is 17.3 Å². The van der Waals surface area contributed by atoms with E-state index in [4.69, 9.17) is 5.73 Å². The summed E-state index contributed by atoms with van der Waals surface area (Å²) in [5.74, 6) is -0.638. The topological polar surface area (TPSA) is 113 Å². The second kappa shape index (κ2) is 7.07. The third kappa shape index (κ3) is 4.50. The van der Waals surface area contributed by atoms with Gasteiger partial charge in [0, 0.05) is 38.8 Å². The van der Waals surface area contributed by atoms with Crippen LogP contribution in [0.3, 0.4) is 0 Å². The summed E-state index contributed by atoms with van der Waals surface area (Å²) < 4.78 is 26.5. The van der Waals surface area contributed by atoms with Crippen LogP contribution in [0, 0.1) is 0 Å². The number of anilines is 1. The molecule has 2 amide bonds. The number of carbonyl (C=O) groups excluding carboxylic acids is 2. The largest absolute Gasteiger partial charge is 0.369 e. The van der Waals surface area contributed by atoms with Crippen LogP contribution in [0.1, 0.15) is 6.92 Å². The van der Waals surface area contributed by atoms with E-state index in [1.165, 1.54) is 23.4 Å². The zero-order chi connectivity index (χ0) is 17.0. The Kier molecular flexibility index (Phi) is 5.34. The number of hydrogen-bond donors (Lipinski definition) is 2. The Morgan fingerprint density at radius 3 is 2.17 bits per heavy atom. The number of nitrogens with two attached hydrogens (primary N) is 1. The number of primary amides is 1. The van der Waals surface area contributed by atoms with Crippen molar-refractivity contribution in [2.45, 2.75) is 11.8 Å². The molecule has 0 bridgehead atoms. The molecule has 9 heteroatoms. The van der Waals surface area contributed by atoms with Gasteiger partial charge in [0.05, 0.1) is 11.4 Å². The molecule has 1 aromatic carbocycles. The lowest BCUT2D eigenvalue weighted by molar-refractivity contribution is -0.119. The summed E-state index contributed by atoms with van der Waals surface area (Å²) in [6.45, 7) is 3.07. The van der Waals surface area contributed by atoms with Gasteiger partial charge in [-0.15, -0.1) is 0 Å². The number of nitrogens with one attached hydrogen (secondary N) is 1. The number of hydrogen-bond acceptors (Lipinski definition) is 5. The maximum absolute atomic E-state index is 12.6. The smallest absolute Gasteiger partial charge is 0.243 e. The molecular formula is C14H20N4O4S. The van der Waals surface area contributed by atoms with E-state index in [2.05, 4.69) is 5.32 Å². The lowest BCUT2D eigenvalue weighted by Crippen LogP contribution is -2.50. The number of nitrogens with zero attached hydrogens (tertiary/aromatic N) is 2. The van der Waals surface area contributed by atoms with Crippen LogP contribution in [-0.4, -0.2) is 62.2 Å². The van der Waals surface area contributed by atoms with Crippen LogP contribution in [0.5, 0.6) is 0 Å². The van der Waals surface area contributed by atoms with Gasteiger partial charge >= 0.3 is 0 Å². The van der Waals surface area contributed by atoms with Crippen molar-refractivity contribution in [3.63, 3.8) is 0 Å². The van der Waals surface area contributed by atoms with E-state index >= 15 is 0 Å². The first kappa shape index (κ1) is 17.4. The highest BCUT2D eigenvalue weighted by Gasteiger charge is 2.28. The maximum atomic E-state index is 12.6. The van der Waals surface area contributed by atoms with E-state index in [9.17, 15) is 18.0 Å². The number of benzene rings is 1. The average molecular weight is 340 g/mol. The quantitative estimate of drug-likeness (QED) is 0.746. The number of carbonyl (C=O) groups is 2. The molecule has 0 atom stereocenters. The van der Waals surface area contributed by atoms with Crippen LogP contribution in [0.4, 0.5) is 5.69 Å². The summed E-state index contributed by atoms with van der Waals surface area (Å²) in [6.07, 6.45) is 0. The fraction of sp³-hybridized carbons (Fsp3) is 0.429. The van der Waals surface area contributed by atoms with Gasteiger partial charge < -0.3 is 11.1 Å². The third-order valence-electron chi connectivity index (χ3n) is 3.52. The normalized spacial score (nSPS) is 16.9. The van der Waals surface area contributed by atoms with Crippen LogP contribution in [0.25, 0.3) is 0 Å². The van der Waals surface area contributed by atoms with Gasteiger partial charge in [0.1, 0.15) is 0 Å². The molecule has 0 aromatic heterocycles. The van der Waals surface area contributed by atoms with Gasteiger partial charge in [0.15, 0.2) is 0 Å². The Balaban J connectivity index is 2.04. The minimum Gasteiger partial charge on any atom is -0.369 e. The van der Waals surface area contributed by atoms with Gasteiger partial charge in [-0.05, 0) is 24.3 Å². The molecule has 1 saturated heterocycles. The Hall–Kier alpha value is -1.97. The van der Waals surface area contributed by atoms with Crippen LogP contribution in [-0.2, 0) is 19.6 Å². The molecule has 1 aromatic rings. The van der Waals surface area contributed by atoms with Crippen molar-refractivity contribution in [1.82, 2.24) is 9.21 Å². The van der Waals surface area contributed by atoms with Gasteiger partial charge in [-0.3, -0.25) is 14.5 Å². The van der Waals surface area contributed by atoms with Gasteiger partial charge in [-0.25, -0.2) is 8.42 Å². The molecule has 1 fully saturated rings. The molecule has 0 aliphatic carbocycles. The van der Waals surface area contributed by atoms with Crippen molar-refractivity contribution in [3.8, 4) is 0 Å². The monoisotopic (exact) mass is 340 g/mol. The molecule has 3 N–H and O–H groups in total. The van der Waals surface area contributed by atoms with E-state index in [0.29, 0.717) is 31.9 Å². The molecule has 8 nitrogen and oxygen atoms in total. The van der Waals surface area contributed by atoms with Gasteiger partial charge in [0.2, 0.25) is 21.8 Å². The first-order chi connectivity index (χ1) is 10.8. The first-order valence-electron chi connectivity index (χ1n) is 7.17. The zero-order valence-corrected chi connectivity index (χ0v) is 13.7. The molecule has 23 heavy (non-hydrogen) atoms. The Labute approximate surface area is 135 Å². The third-order valence-corrected chi connectivity index (χ3v) is 5.44. The molecule has 2 rings (SSSR count). The maximum Gasteiger partial charge on any atom is 0.243 e. The van der Waals surface area contributed by atoms with E-state index in [1.54, 1.807) is 12.1 Å². The molecule has 0 saturated carbocycles. The predicted molar refractivity (Wildman–Crippen MR) is 85.1 cm³/mol. The van der Waals surface area contributed by atoms with Crippen molar-refractivity contribution in [3.05, 3.63) is 24.3 Å². The van der Waals surface area contributed by atoms with Crippen molar-refractivity contribution in [2.75, 3.05) is 38.0 Å². The highest BCUT2D eigenvalue weighted by Crippen LogP contribution is 2.19. The summed E-state index contributed by atoms with van der Waals surface area (Å²) in [5, 5.41) is 2.59. The fourth-order valence-electron chi connectivity index (χ4n) is 2.41. The zero-order valence-electron chi connectivity index (χ0n) is 12.9. The van der Waals surface area contributed by atoms with Crippen molar-refractivity contribution in [2.24, 2.45) is 5.73 Å². The summed E-state index contributed by atoms with van der Waals surface area (Å²) in [4.78, 5) is 23.9. The minimum absolute atomic E-state index is 0.138. The molecule has 126 valence electrons. The van der Waals surface area contributed by atoms with Crippen LogP contribution in [0.2, 0.25) is 0 Å². The Morgan fingerprint density at radius 2 is 1.70 bits per heavy atom. The lowest BCUT2D eigenvalue weighted by atomic mass is 10.3. The highest BCUT2D eigenvalue weighted by molar-refractivity contribution is 7.89. The van der Waals surface area contributed by atoms with Gasteiger partial charge in [0.25, 0.3) is 0 Å². The second-order valence-corrected chi connectivity index (χ2v) is 7.29. The lowest BCUT2D eigenvalue weighted by Gasteiger charge is -2.33. The molecule has 0 unspecified atom stereocenters. The first-order valence-corrected chi connectivity index (χ1v) is 8.61. The SMILES string of the molecule is CC(=O)Nc1ccc(S(=O)(=O)N2CCN(CC(N)=O)CC2)cc1. The van der Waals surface area contributed by atoms with E-state index in [0.717, 1.165) is 0 Å². The Morgan fingerprint density at radius 1 is 1.13 bits per heavy atom. The van der Waals surface area contributed by atoms with Crippen LogP contribution in [0.15, 0.2) is 29.2 Å². The van der Waals surface area contributed by atoms with Gasteiger partial charge in [-0.2, -0.15) is 4.31 Å². The Bertz CT molecular complexity index is 679. The molecule has 1 heterocycles. The minimum atomic E-state index is -3.58. The number of amides is 2. The number of sulfonamides is 1. The average Bonchev–Trinajstić information content (AvgIpc) is 2.47. The number of rotatable bonds is 5. The van der Waals surface area contributed by atoms with Crippen molar-refractivity contribution < 1.29 is 18.0 Å². The van der Waals surface area contributed by atoms with Crippen LogP contribution < -0.4 is 11.1 Å². The van der Waals surface area contributed by atoms with Crippen LogP contribution >= 0.6 is 0 Å². The fourth-order valence-corrected chi connectivity index (χ4v) is 3.83. The van der Waals surface area contributed by atoms with Gasteiger partial charge in [-0.1, -0.05) is 0 Å². The summed E-state index contributed by atoms with van der Waals surface area (Å²) >= 11 is 0. The van der Waals surface area contributed by atoms with E-state index in [1.807, 2.05) is 4.90 Å². The predicted octanol–water partition coefficient (Wildman–Crippen LogP) is -0.563. The number of piperazine rings is 1. The van der Waals surface area contributed by atoms with Crippen molar-refractivity contribution in [1.29, 1.82) is 0 Å². The summed E-state index contributed by atoms with van der Waals surface area (Å²) in [7, 11) is -3.58. The molecule has 0 radical (unpaired) electrons. The summed E-state index contributed by atoms with van der Waals surface area (Å²) in [5.41, 5.74) is 5.69. The second-order valence-electron chi connectivity index (χ2n) is 5.35. The van der Waals surface area contributed by atoms with Crippen molar-refractivity contribution >= 4 is 27.5 Å². The molecule has 1 aliphatic heterocycles. The molecule has 1 aliphatic rings. The van der Waals surface area contributed by atoms with E-state index < -0.39 is 15.9 Å². The summed E-state index contributed by atoms with van der Waals surface area (Å²) in [6, 6.07) is 6.04. The highest BCUT2D eigenvalue weighted by atomic mass is 32.2.